The van der Waals surface area contributed by atoms with Crippen molar-refractivity contribution in [1.82, 2.24) is 0 Å². The van der Waals surface area contributed by atoms with Gasteiger partial charge < -0.3 is 4.74 Å². The predicted octanol–water partition coefficient (Wildman–Crippen LogP) is 3.46. The molecule has 0 atom stereocenters. The Morgan fingerprint density at radius 2 is 2.08 bits per heavy atom. The Morgan fingerprint density at radius 3 is 2.62 bits per heavy atom. The Bertz CT molecular complexity index is 305. The van der Waals surface area contributed by atoms with E-state index in [1.807, 2.05) is 19.9 Å². The van der Waals surface area contributed by atoms with E-state index < -0.39 is 0 Å². The van der Waals surface area contributed by atoms with Crippen molar-refractivity contribution in [3.63, 3.8) is 0 Å². The molecule has 0 saturated carbocycles. The maximum atomic E-state index is 5.86. The summed E-state index contributed by atoms with van der Waals surface area (Å²) >= 11 is 5.86. The second-order valence-corrected chi connectivity index (χ2v) is 3.46. The number of benzene rings is 1. The van der Waals surface area contributed by atoms with Gasteiger partial charge in [-0.05, 0) is 43.7 Å². The molecule has 0 unspecified atom stereocenters. The molecule has 1 radical (unpaired) electrons. The zero-order chi connectivity index (χ0) is 9.84. The summed E-state index contributed by atoms with van der Waals surface area (Å²) < 4.78 is 5.49. The molecular formula is C11H12ClO. The third-order valence-corrected chi connectivity index (χ3v) is 1.67. The number of hydrogen-bond donors (Lipinski definition) is 0. The van der Waals surface area contributed by atoms with Gasteiger partial charge in [-0.2, -0.15) is 0 Å². The highest BCUT2D eigenvalue weighted by atomic mass is 35.5. The maximum absolute atomic E-state index is 5.86. The molecule has 0 saturated heterocycles. The van der Waals surface area contributed by atoms with Crippen LogP contribution >= 0.6 is 11.6 Å². The van der Waals surface area contributed by atoms with Crippen molar-refractivity contribution in [3.05, 3.63) is 41.4 Å². The second kappa shape index (κ2) is 4.33. The largest absolute Gasteiger partial charge is 0.491 e. The van der Waals surface area contributed by atoms with E-state index in [0.29, 0.717) is 5.02 Å². The molecule has 0 aliphatic rings. The Hall–Kier alpha value is -0.950. The Labute approximate surface area is 84.0 Å². The Morgan fingerprint density at radius 1 is 1.38 bits per heavy atom. The molecule has 1 nitrogen and oxygen atoms in total. The van der Waals surface area contributed by atoms with Gasteiger partial charge >= 0.3 is 0 Å². The van der Waals surface area contributed by atoms with Crippen LogP contribution in [-0.4, -0.2) is 6.10 Å². The van der Waals surface area contributed by atoms with E-state index >= 15 is 0 Å². The number of ether oxygens (including phenoxy) is 1. The maximum Gasteiger partial charge on any atom is 0.121 e. The van der Waals surface area contributed by atoms with E-state index in [4.69, 9.17) is 16.3 Å². The zero-order valence-electron chi connectivity index (χ0n) is 7.80. The fourth-order valence-electron chi connectivity index (χ4n) is 1.00. The van der Waals surface area contributed by atoms with E-state index in [-0.39, 0.29) is 6.10 Å². The highest BCUT2D eigenvalue weighted by Gasteiger charge is 2.00. The molecule has 0 heterocycles. The summed E-state index contributed by atoms with van der Waals surface area (Å²) in [6, 6.07) is 5.43. The SMILES string of the molecule is C=[C]c1cc(Cl)cc(OC(C)C)c1. The van der Waals surface area contributed by atoms with Gasteiger partial charge in [-0.3, -0.25) is 0 Å². The van der Waals surface area contributed by atoms with E-state index in [1.54, 1.807) is 12.1 Å². The second-order valence-electron chi connectivity index (χ2n) is 3.02. The van der Waals surface area contributed by atoms with Gasteiger partial charge in [0.1, 0.15) is 5.75 Å². The minimum atomic E-state index is 0.149. The zero-order valence-corrected chi connectivity index (χ0v) is 8.56. The smallest absolute Gasteiger partial charge is 0.121 e. The monoisotopic (exact) mass is 195 g/mol. The normalized spacial score (nSPS) is 10.2. The highest BCUT2D eigenvalue weighted by molar-refractivity contribution is 6.30. The first kappa shape index (κ1) is 10.1. The van der Waals surface area contributed by atoms with E-state index in [9.17, 15) is 0 Å². The van der Waals surface area contributed by atoms with E-state index in [1.165, 1.54) is 0 Å². The average Bonchev–Trinajstić information content (AvgIpc) is 2.01. The van der Waals surface area contributed by atoms with Gasteiger partial charge in [0.15, 0.2) is 0 Å². The lowest BCUT2D eigenvalue weighted by molar-refractivity contribution is 0.242. The fourth-order valence-corrected chi connectivity index (χ4v) is 1.23. The van der Waals surface area contributed by atoms with E-state index in [0.717, 1.165) is 11.3 Å². The summed E-state index contributed by atoms with van der Waals surface area (Å²) in [4.78, 5) is 0. The van der Waals surface area contributed by atoms with Crippen LogP contribution in [0, 0.1) is 6.08 Å². The van der Waals surface area contributed by atoms with Gasteiger partial charge in [0.2, 0.25) is 0 Å². The van der Waals surface area contributed by atoms with Gasteiger partial charge in [-0.15, -0.1) is 0 Å². The third kappa shape index (κ3) is 3.11. The minimum Gasteiger partial charge on any atom is -0.491 e. The number of hydrogen-bond acceptors (Lipinski definition) is 1. The quantitative estimate of drug-likeness (QED) is 0.718. The molecule has 2 heteroatoms. The van der Waals surface area contributed by atoms with Crippen LogP contribution in [0.25, 0.3) is 0 Å². The highest BCUT2D eigenvalue weighted by Crippen LogP contribution is 2.21. The van der Waals surface area contributed by atoms with Crippen molar-refractivity contribution in [2.24, 2.45) is 0 Å². The summed E-state index contributed by atoms with van der Waals surface area (Å²) in [7, 11) is 0. The third-order valence-electron chi connectivity index (χ3n) is 1.45. The molecule has 0 aliphatic carbocycles. The standard InChI is InChI=1S/C11H12ClO/c1-4-9-5-10(12)7-11(6-9)13-8(2)3/h5-8H,1H2,2-3H3. The molecule has 69 valence electrons. The van der Waals surface area contributed by atoms with Crippen LogP contribution in [0.1, 0.15) is 19.4 Å². The van der Waals surface area contributed by atoms with Crippen LogP contribution in [0.4, 0.5) is 0 Å². The van der Waals surface area contributed by atoms with Gasteiger partial charge in [-0.1, -0.05) is 18.2 Å². The molecule has 0 spiro atoms. The number of rotatable bonds is 3. The van der Waals surface area contributed by atoms with Crippen molar-refractivity contribution >= 4 is 11.6 Å². The van der Waals surface area contributed by atoms with Crippen LogP contribution in [0.15, 0.2) is 24.8 Å². The molecule has 0 aromatic heterocycles. The first-order chi connectivity index (χ1) is 6.11. The van der Waals surface area contributed by atoms with Crippen LogP contribution in [-0.2, 0) is 0 Å². The molecule has 0 fully saturated rings. The molecule has 0 aliphatic heterocycles. The first-order valence-corrected chi connectivity index (χ1v) is 4.50. The molecule has 1 aromatic carbocycles. The summed E-state index contributed by atoms with van der Waals surface area (Å²) in [5.41, 5.74) is 0.850. The van der Waals surface area contributed by atoms with Crippen molar-refractivity contribution in [2.75, 3.05) is 0 Å². The van der Waals surface area contributed by atoms with Crippen LogP contribution in [0.5, 0.6) is 5.75 Å². The number of halogens is 1. The van der Waals surface area contributed by atoms with Gasteiger partial charge in [0.25, 0.3) is 0 Å². The molecule has 13 heavy (non-hydrogen) atoms. The van der Waals surface area contributed by atoms with Gasteiger partial charge in [-0.25, -0.2) is 0 Å². The van der Waals surface area contributed by atoms with Crippen LogP contribution < -0.4 is 4.74 Å². The first-order valence-electron chi connectivity index (χ1n) is 4.12. The van der Waals surface area contributed by atoms with Crippen molar-refractivity contribution in [3.8, 4) is 5.75 Å². The molecule has 1 rings (SSSR count). The Kier molecular flexibility index (Phi) is 3.38. The Balaban J connectivity index is 2.94. The van der Waals surface area contributed by atoms with Crippen molar-refractivity contribution in [1.29, 1.82) is 0 Å². The molecular weight excluding hydrogens is 184 g/mol. The average molecular weight is 196 g/mol. The van der Waals surface area contributed by atoms with Crippen molar-refractivity contribution < 1.29 is 4.74 Å². The van der Waals surface area contributed by atoms with Crippen molar-refractivity contribution in [2.45, 2.75) is 20.0 Å². The van der Waals surface area contributed by atoms with E-state index in [2.05, 4.69) is 12.7 Å². The molecule has 0 amide bonds. The van der Waals surface area contributed by atoms with Crippen LogP contribution in [0.3, 0.4) is 0 Å². The molecule has 1 aromatic rings. The topological polar surface area (TPSA) is 9.23 Å². The fraction of sp³-hybridized carbons (Fsp3) is 0.273. The van der Waals surface area contributed by atoms with Gasteiger partial charge in [0.05, 0.1) is 6.10 Å². The lowest BCUT2D eigenvalue weighted by Crippen LogP contribution is -2.05. The summed E-state index contributed by atoms with van der Waals surface area (Å²) in [5, 5.41) is 0.643. The van der Waals surface area contributed by atoms with Crippen LogP contribution in [0.2, 0.25) is 5.02 Å². The summed E-state index contributed by atoms with van der Waals surface area (Å²) in [6.45, 7) is 7.49. The minimum absolute atomic E-state index is 0.149. The molecule has 0 N–H and O–H groups in total. The molecule has 0 bridgehead atoms. The lowest BCUT2D eigenvalue weighted by atomic mass is 10.2. The predicted molar refractivity (Wildman–Crippen MR) is 55.2 cm³/mol. The summed E-state index contributed by atoms with van der Waals surface area (Å²) in [6.07, 6.45) is 2.92. The lowest BCUT2D eigenvalue weighted by Gasteiger charge is -2.10. The summed E-state index contributed by atoms with van der Waals surface area (Å²) in [5.74, 6) is 0.758. The van der Waals surface area contributed by atoms with Gasteiger partial charge in [0, 0.05) is 5.02 Å².